The Bertz CT molecular complexity index is 7260. The van der Waals surface area contributed by atoms with Crippen LogP contribution >= 0.6 is 45.3 Å². The molecular weight excluding hydrogens is 1940 g/mol. The summed E-state index contributed by atoms with van der Waals surface area (Å²) in [4.78, 5) is 141. The molecule has 0 saturated carbocycles. The number of amides is 8. The second kappa shape index (κ2) is 43.8. The number of piperidine rings is 1. The van der Waals surface area contributed by atoms with Crippen molar-refractivity contribution in [2.45, 2.75) is 147 Å². The lowest BCUT2D eigenvalue weighted by Crippen LogP contribution is -2.55. The van der Waals surface area contributed by atoms with Crippen LogP contribution < -0.4 is 44.5 Å². The summed E-state index contributed by atoms with van der Waals surface area (Å²) in [7, 11) is 11.4. The van der Waals surface area contributed by atoms with Gasteiger partial charge in [0.05, 0.1) is 124 Å². The number of aliphatic imine (C=N–C) groups is 6. The number of carbonyl (C=O) groups is 7. The molecule has 39 heteroatoms. The molecule has 147 heavy (non-hydrogen) atoms. The molecule has 12 aromatic rings. The molecular formula is C108H119F2N25O8S4. The highest BCUT2D eigenvalue weighted by molar-refractivity contribution is 7.18. The fourth-order valence-corrected chi connectivity index (χ4v) is 22.3. The first kappa shape index (κ1) is 107. The fourth-order valence-electron chi connectivity index (χ4n) is 18.3. The van der Waals surface area contributed by atoms with Crippen molar-refractivity contribution in [1.82, 2.24) is 54.6 Å². The normalized spacial score (nSPS) is 22.9. The number of nitrogens with zero attached hydrogens (tertiary/aromatic N) is 18. The zero-order valence-electron chi connectivity index (χ0n) is 84.9. The number of halogens is 2. The fraction of sp³-hybridized carbons (Fsp3) is 0.333. The van der Waals surface area contributed by atoms with Crippen LogP contribution in [0.3, 0.4) is 0 Å². The molecule has 33 nitrogen and oxygen atoms in total. The highest BCUT2D eigenvalue weighted by atomic mass is 32.1. The van der Waals surface area contributed by atoms with Gasteiger partial charge in [-0.15, -0.1) is 45.3 Å². The van der Waals surface area contributed by atoms with E-state index in [2.05, 4.69) is 86.6 Å². The number of nitrogens with two attached hydrogens (primary N) is 6. The van der Waals surface area contributed by atoms with Gasteiger partial charge >= 0.3 is 6.03 Å². The average molecular weight is 2060 g/mol. The highest BCUT2D eigenvalue weighted by Crippen LogP contribution is 2.49. The molecule has 1 unspecified atom stereocenters. The van der Waals surface area contributed by atoms with Crippen molar-refractivity contribution in [1.29, 1.82) is 10.5 Å². The largest absolute Gasteiger partial charge is 0.497 e. The average Bonchev–Trinajstić information content (AvgIpc) is 1.57. The molecule has 13 N–H and O–H groups in total. The van der Waals surface area contributed by atoms with E-state index in [9.17, 15) is 42.3 Å². The molecule has 762 valence electrons. The SMILES string of the molecule is CN1C(=O)C[C@@](C)(C2CCCN(C(=O)NCCc3ccccc3)C2)N=C1N.CN1C(=O)C[C@@](C)(c2cc(-c3ccc(F)c(F)c3)c3sccc3c2)N=C1N.CN1C(=O)C[C@@](C)(c2ccc3scnc3c2)N=C1N.COc1cccc(-c2cncc([C@]3(C)CC(=O)N(C)C(N)=N3)n2)c1.Cc1sc([C@@]2(C)N=C(N)N(C)C(=O)[C@@H]2C)cc1-c1cccc(C#N)c1.Cc1sc([C@@]2(C)N=C(N)N(C)C(=O)[C@H]2C)cc1-c1cccc(C#N)c1. The number of fused-ring (bicyclic) bond motifs is 2. The smallest absolute Gasteiger partial charge is 0.317 e. The molecule has 0 bridgehead atoms. The number of nitrogens with one attached hydrogen (secondary N) is 1. The van der Waals surface area contributed by atoms with Gasteiger partial charge in [-0.2, -0.15) is 10.5 Å². The van der Waals surface area contributed by atoms with E-state index in [0.29, 0.717) is 54.0 Å². The maximum atomic E-state index is 13.8. The summed E-state index contributed by atoms with van der Waals surface area (Å²) >= 11 is 6.36. The molecule has 5 aromatic heterocycles. The third-order valence-corrected chi connectivity index (χ3v) is 32.6. The molecule has 7 aromatic carbocycles. The van der Waals surface area contributed by atoms with Crippen LogP contribution in [0.1, 0.15) is 147 Å². The zero-order valence-corrected chi connectivity index (χ0v) is 88.2. The highest BCUT2D eigenvalue weighted by Gasteiger charge is 2.49. The van der Waals surface area contributed by atoms with Crippen molar-refractivity contribution >= 4 is 143 Å². The number of guanidine groups is 6. The van der Waals surface area contributed by atoms with Crippen LogP contribution in [-0.2, 0) is 62.9 Å². The maximum Gasteiger partial charge on any atom is 0.317 e. The number of benzene rings is 7. The topological polar surface area (TPSA) is 480 Å². The predicted molar refractivity (Wildman–Crippen MR) is 575 cm³/mol. The number of thiophene rings is 3. The van der Waals surface area contributed by atoms with Gasteiger partial charge in [-0.1, -0.05) is 92.7 Å². The Labute approximate surface area is 868 Å². The van der Waals surface area contributed by atoms with Gasteiger partial charge in [0.15, 0.2) is 47.4 Å². The van der Waals surface area contributed by atoms with E-state index in [1.54, 1.807) is 114 Å². The number of urea groups is 1. The van der Waals surface area contributed by atoms with E-state index in [-0.39, 0.29) is 108 Å². The van der Waals surface area contributed by atoms with Crippen LogP contribution in [-0.4, -0.2) is 201 Å². The summed E-state index contributed by atoms with van der Waals surface area (Å²) < 4.78 is 34.5. The first-order valence-corrected chi connectivity index (χ1v) is 50.8. The minimum absolute atomic E-state index is 0.0190. The molecule has 9 atom stereocenters. The van der Waals surface area contributed by atoms with Gasteiger partial charge in [0.25, 0.3) is 0 Å². The Hall–Kier alpha value is -15.6. The van der Waals surface area contributed by atoms with Crippen LogP contribution in [0.15, 0.2) is 223 Å². The van der Waals surface area contributed by atoms with E-state index in [1.165, 1.54) is 52.4 Å². The summed E-state index contributed by atoms with van der Waals surface area (Å²) in [5.41, 5.74) is 45.9. The monoisotopic (exact) mass is 2060 g/mol. The lowest BCUT2D eigenvalue weighted by atomic mass is 9.77. The van der Waals surface area contributed by atoms with Crippen LogP contribution in [0.2, 0.25) is 0 Å². The minimum Gasteiger partial charge on any atom is -0.497 e. The Morgan fingerprint density at radius 3 is 1.56 bits per heavy atom. The third-order valence-electron chi connectivity index (χ3n) is 28.3. The molecule has 1 fully saturated rings. The molecule has 12 heterocycles. The van der Waals surface area contributed by atoms with Gasteiger partial charge < -0.3 is 49.4 Å². The number of methoxy groups -OCH3 is 1. The molecule has 0 radical (unpaired) electrons. The number of aryl methyl sites for hydroxylation is 2. The van der Waals surface area contributed by atoms with Crippen molar-refractivity contribution in [2.24, 2.45) is 82.1 Å². The number of aromatic nitrogens is 3. The summed E-state index contributed by atoms with van der Waals surface area (Å²) in [6.07, 6.45) is 6.98. The lowest BCUT2D eigenvalue weighted by Gasteiger charge is -2.43. The Morgan fingerprint density at radius 2 is 1.03 bits per heavy atom. The Morgan fingerprint density at radius 1 is 0.517 bits per heavy atom. The van der Waals surface area contributed by atoms with Crippen LogP contribution in [0, 0.1) is 65.9 Å². The van der Waals surface area contributed by atoms with Crippen LogP contribution in [0.5, 0.6) is 5.75 Å². The van der Waals surface area contributed by atoms with Crippen molar-refractivity contribution in [3.05, 3.63) is 258 Å². The maximum absolute atomic E-state index is 13.8. The molecule has 19 rings (SSSR count). The standard InChI is InChI=1S/C20H17F2N3OS.C20H29N5O2.2C19H20N4OS.C17H19N5O2.C13H14N4OS/c1-20(10-17(26)25(2)19(23)24-20)13-7-12-5-6-27-18(12)14(9-13)11-3-4-15(21)16(22)8-11;1-20(13-17(26)24(2)18(21)23-20)16-9-6-12-25(14-16)19(27)22-11-10-15-7-4-3-5-8-15;2*1-11-17(24)23(4)18(21)22-19(11,3)16-9-15(12(2)25-16)14-7-5-6-13(8-14)10-20;1-17(8-15(23)22(2)16(18)21-17)14-10-19-9-13(20-14)11-5-4-6-12(7-11)24-3;1-13(6-11(18)17(2)12(14)16-13)8-3-4-10-9(5-8)15-7-19-10/h3-9H,10H2,1-2H3,(H2,23,24);3-5,7-8,16H,6,9-14H2,1-2H3,(H2,21,23)(H,22,27);2*5-9,11H,1-4H3,(H2,21,22);4-7,9-10H,8H2,1-3H3,(H2,18,21);3-5,7H,6H2,1-2H3,(H2,14,16)/t20-;16?,20-;11-,19+;11-,19-;17-;13-/m001000/s1. The van der Waals surface area contributed by atoms with Crippen molar-refractivity contribution < 1.29 is 47.1 Å². The van der Waals surface area contributed by atoms with E-state index >= 15 is 0 Å². The minimum atomic E-state index is -0.898. The molecule has 7 aliphatic rings. The third kappa shape index (κ3) is 22.9. The first-order valence-electron chi connectivity index (χ1n) is 47.5. The first-order chi connectivity index (χ1) is 69.6. The molecule has 7 aliphatic heterocycles. The summed E-state index contributed by atoms with van der Waals surface area (Å²) in [6, 6.07) is 56.9. The molecule has 0 aliphatic carbocycles. The van der Waals surface area contributed by atoms with Crippen molar-refractivity contribution in [3.63, 3.8) is 0 Å². The number of thiazole rings is 1. The van der Waals surface area contributed by atoms with E-state index < -0.39 is 44.9 Å². The van der Waals surface area contributed by atoms with Crippen LogP contribution in [0.4, 0.5) is 13.6 Å². The van der Waals surface area contributed by atoms with Gasteiger partial charge in [0.1, 0.15) is 22.4 Å². The van der Waals surface area contributed by atoms with Gasteiger partial charge in [0, 0.05) is 97.6 Å². The Balaban J connectivity index is 0.000000140. The number of rotatable bonds is 14. The summed E-state index contributed by atoms with van der Waals surface area (Å²) in [6.45, 7) is 21.3. The number of carbonyl (C=O) groups excluding carboxylic acids is 7. The number of nitriles is 2. The quantitative estimate of drug-likeness (QED) is 0.0531. The van der Waals surface area contributed by atoms with E-state index in [0.717, 1.165) is 122 Å². The van der Waals surface area contributed by atoms with Crippen molar-refractivity contribution in [2.75, 3.05) is 69.0 Å². The number of hydrogen-bond acceptors (Lipinski definition) is 29. The number of ether oxygens (including phenoxy) is 1. The second-order valence-electron chi connectivity index (χ2n) is 38.4. The van der Waals surface area contributed by atoms with Crippen molar-refractivity contribution in [3.8, 4) is 62.5 Å². The lowest BCUT2D eigenvalue weighted by molar-refractivity contribution is -0.134. The molecule has 0 spiro atoms. The second-order valence-corrected chi connectivity index (χ2v) is 42.7. The molecule has 1 saturated heterocycles. The summed E-state index contributed by atoms with van der Waals surface area (Å²) in [5, 5.41) is 24.2. The van der Waals surface area contributed by atoms with Crippen LogP contribution in [0.25, 0.3) is 64.9 Å². The van der Waals surface area contributed by atoms with Gasteiger partial charge in [-0.05, 0) is 226 Å². The van der Waals surface area contributed by atoms with Gasteiger partial charge in [-0.25, -0.2) is 53.5 Å². The zero-order chi connectivity index (χ0) is 106. The number of likely N-dealkylation sites (tertiary alicyclic amines) is 1. The van der Waals surface area contributed by atoms with E-state index in [1.807, 2.05) is 200 Å². The number of hydrogen-bond donors (Lipinski definition) is 7. The van der Waals surface area contributed by atoms with E-state index in [4.69, 9.17) is 49.7 Å². The Kier molecular flexibility index (Phi) is 31.9. The summed E-state index contributed by atoms with van der Waals surface area (Å²) in [5.74, 6) is -0.504. The molecule has 8 amide bonds. The predicted octanol–water partition coefficient (Wildman–Crippen LogP) is 15.5. The van der Waals surface area contributed by atoms with Gasteiger partial charge in [-0.3, -0.25) is 63.2 Å². The van der Waals surface area contributed by atoms with Gasteiger partial charge in [0.2, 0.25) is 35.4 Å².